The number of carbonyl (C=O) groups is 2. The molecular formula is C23H19N3O4S2. The predicted octanol–water partition coefficient (Wildman–Crippen LogP) is 4.56. The number of ether oxygens (including phenoxy) is 1. The van der Waals surface area contributed by atoms with Crippen molar-refractivity contribution in [3.05, 3.63) is 75.9 Å². The van der Waals surface area contributed by atoms with E-state index in [1.165, 1.54) is 11.3 Å². The average Bonchev–Trinajstić information content (AvgIpc) is 3.24. The summed E-state index contributed by atoms with van der Waals surface area (Å²) in [5, 5.41) is 5.62. The van der Waals surface area contributed by atoms with Crippen LogP contribution in [0.25, 0.3) is 21.3 Å². The molecule has 0 radical (unpaired) electrons. The van der Waals surface area contributed by atoms with Gasteiger partial charge in [0.15, 0.2) is 5.16 Å². The van der Waals surface area contributed by atoms with Crippen molar-refractivity contribution < 1.29 is 14.3 Å². The number of thiophene rings is 1. The molecule has 2 aromatic carbocycles. The topological polar surface area (TPSA) is 101 Å². The highest BCUT2D eigenvalue weighted by molar-refractivity contribution is 7.99. The van der Waals surface area contributed by atoms with Crippen molar-refractivity contribution >= 4 is 50.9 Å². The number of benzene rings is 2. The maximum atomic E-state index is 12.7. The number of aromatic amines is 1. The molecular weight excluding hydrogens is 446 g/mol. The smallest absolute Gasteiger partial charge is 0.338 e. The minimum atomic E-state index is -0.407. The van der Waals surface area contributed by atoms with Crippen LogP contribution >= 0.6 is 23.1 Å². The van der Waals surface area contributed by atoms with E-state index in [4.69, 9.17) is 4.74 Å². The van der Waals surface area contributed by atoms with Crippen LogP contribution in [0.4, 0.5) is 5.69 Å². The summed E-state index contributed by atoms with van der Waals surface area (Å²) < 4.78 is 4.94. The molecule has 9 heteroatoms. The van der Waals surface area contributed by atoms with Gasteiger partial charge >= 0.3 is 5.97 Å². The summed E-state index contributed by atoms with van der Waals surface area (Å²) in [6.07, 6.45) is 0. The molecule has 2 N–H and O–H groups in total. The van der Waals surface area contributed by atoms with Gasteiger partial charge in [-0.05, 0) is 36.8 Å². The van der Waals surface area contributed by atoms with Crippen molar-refractivity contribution in [3.8, 4) is 11.1 Å². The van der Waals surface area contributed by atoms with Gasteiger partial charge in [-0.15, -0.1) is 11.3 Å². The summed E-state index contributed by atoms with van der Waals surface area (Å²) in [4.78, 5) is 44.6. The van der Waals surface area contributed by atoms with E-state index in [1.54, 1.807) is 31.2 Å². The van der Waals surface area contributed by atoms with Crippen molar-refractivity contribution in [2.45, 2.75) is 12.1 Å². The summed E-state index contributed by atoms with van der Waals surface area (Å²) in [6, 6.07) is 16.1. The molecule has 0 spiro atoms. The van der Waals surface area contributed by atoms with Crippen LogP contribution in [0.2, 0.25) is 0 Å². The lowest BCUT2D eigenvalue weighted by Crippen LogP contribution is -2.15. The van der Waals surface area contributed by atoms with Crippen molar-refractivity contribution in [3.63, 3.8) is 0 Å². The molecule has 0 aliphatic carbocycles. The largest absolute Gasteiger partial charge is 0.462 e. The van der Waals surface area contributed by atoms with E-state index in [1.807, 2.05) is 35.7 Å². The van der Waals surface area contributed by atoms with Gasteiger partial charge in [0, 0.05) is 16.6 Å². The Balaban J connectivity index is 1.41. The molecule has 2 heterocycles. The van der Waals surface area contributed by atoms with Crippen LogP contribution in [0, 0.1) is 0 Å². The highest BCUT2D eigenvalue weighted by Crippen LogP contribution is 2.31. The Bertz CT molecular complexity index is 1310. The first-order chi connectivity index (χ1) is 15.5. The third-order valence-corrected chi connectivity index (χ3v) is 6.27. The van der Waals surface area contributed by atoms with E-state index < -0.39 is 5.97 Å². The highest BCUT2D eigenvalue weighted by Gasteiger charge is 2.14. The Labute approximate surface area is 191 Å². The van der Waals surface area contributed by atoms with Crippen LogP contribution in [0.3, 0.4) is 0 Å². The molecule has 4 aromatic rings. The second-order valence-electron chi connectivity index (χ2n) is 6.70. The number of fused-ring (bicyclic) bond motifs is 1. The molecule has 0 bridgehead atoms. The zero-order valence-electron chi connectivity index (χ0n) is 17.1. The molecule has 0 saturated carbocycles. The molecule has 7 nitrogen and oxygen atoms in total. The molecule has 4 rings (SSSR count). The first-order valence-corrected chi connectivity index (χ1v) is 11.7. The highest BCUT2D eigenvalue weighted by atomic mass is 32.2. The van der Waals surface area contributed by atoms with Crippen molar-refractivity contribution in [2.75, 3.05) is 17.7 Å². The number of hydrogen-bond donors (Lipinski definition) is 2. The zero-order valence-corrected chi connectivity index (χ0v) is 18.7. The van der Waals surface area contributed by atoms with Crippen LogP contribution in [0.15, 0.2) is 69.9 Å². The van der Waals surface area contributed by atoms with Crippen LogP contribution in [-0.2, 0) is 9.53 Å². The van der Waals surface area contributed by atoms with Crippen molar-refractivity contribution in [2.24, 2.45) is 0 Å². The minimum absolute atomic E-state index is 0.0744. The number of anilines is 1. The second-order valence-corrected chi connectivity index (χ2v) is 8.52. The lowest BCUT2D eigenvalue weighted by Gasteiger charge is -2.06. The van der Waals surface area contributed by atoms with Crippen LogP contribution in [0.1, 0.15) is 17.3 Å². The van der Waals surface area contributed by atoms with Crippen LogP contribution < -0.4 is 10.9 Å². The fourth-order valence-electron chi connectivity index (χ4n) is 3.06. The van der Waals surface area contributed by atoms with Gasteiger partial charge in [-0.2, -0.15) is 0 Å². The van der Waals surface area contributed by atoms with Crippen molar-refractivity contribution in [1.29, 1.82) is 0 Å². The predicted molar refractivity (Wildman–Crippen MR) is 127 cm³/mol. The summed E-state index contributed by atoms with van der Waals surface area (Å²) in [5.74, 6) is -0.585. The lowest BCUT2D eigenvalue weighted by molar-refractivity contribution is -0.113. The maximum Gasteiger partial charge on any atom is 0.338 e. The van der Waals surface area contributed by atoms with Crippen LogP contribution in [0.5, 0.6) is 0 Å². The standard InChI is InChI=1S/C23H19N3O4S2/c1-2-30-22(29)15-8-10-16(11-9-15)24-18(27)13-32-23-25-20(28)19-17(12-31-21(19)26-23)14-6-4-3-5-7-14/h3-12H,2,13H2,1H3,(H,24,27)(H,25,26,28). The molecule has 2 aromatic heterocycles. The van der Waals surface area contributed by atoms with E-state index in [0.717, 1.165) is 22.9 Å². The SMILES string of the molecule is CCOC(=O)c1ccc(NC(=O)CSc2nc3scc(-c4ccccc4)c3c(=O)[nH]2)cc1. The number of amides is 1. The first kappa shape index (κ1) is 21.8. The van der Waals surface area contributed by atoms with Gasteiger partial charge in [0.25, 0.3) is 5.56 Å². The number of esters is 1. The van der Waals surface area contributed by atoms with Gasteiger partial charge in [-0.3, -0.25) is 9.59 Å². The Morgan fingerprint density at radius 3 is 2.59 bits per heavy atom. The molecule has 1 amide bonds. The fraction of sp³-hybridized carbons (Fsp3) is 0.130. The maximum absolute atomic E-state index is 12.7. The number of nitrogens with zero attached hydrogens (tertiary/aromatic N) is 1. The molecule has 0 fully saturated rings. The number of aromatic nitrogens is 2. The van der Waals surface area contributed by atoms with Gasteiger partial charge in [-0.25, -0.2) is 9.78 Å². The Kier molecular flexibility index (Phi) is 6.67. The molecule has 162 valence electrons. The third-order valence-electron chi connectivity index (χ3n) is 4.53. The molecule has 0 aliphatic rings. The number of rotatable bonds is 7. The summed E-state index contributed by atoms with van der Waals surface area (Å²) >= 11 is 2.55. The van der Waals surface area contributed by atoms with E-state index in [-0.39, 0.29) is 17.2 Å². The summed E-state index contributed by atoms with van der Waals surface area (Å²) in [5.41, 5.74) is 2.55. The zero-order chi connectivity index (χ0) is 22.5. The number of carbonyl (C=O) groups excluding carboxylic acids is 2. The monoisotopic (exact) mass is 465 g/mol. The molecule has 0 aliphatic heterocycles. The number of nitrogens with one attached hydrogen (secondary N) is 2. The van der Waals surface area contributed by atoms with Crippen LogP contribution in [-0.4, -0.2) is 34.2 Å². The Hall–Kier alpha value is -3.43. The Morgan fingerprint density at radius 2 is 1.88 bits per heavy atom. The van der Waals surface area contributed by atoms with Gasteiger partial charge in [0.2, 0.25) is 5.91 Å². The molecule has 0 saturated heterocycles. The van der Waals surface area contributed by atoms with Gasteiger partial charge in [-0.1, -0.05) is 42.1 Å². The molecule has 32 heavy (non-hydrogen) atoms. The van der Waals surface area contributed by atoms with Gasteiger partial charge in [0.1, 0.15) is 4.83 Å². The van der Waals surface area contributed by atoms with E-state index >= 15 is 0 Å². The Morgan fingerprint density at radius 1 is 1.12 bits per heavy atom. The summed E-state index contributed by atoms with van der Waals surface area (Å²) in [7, 11) is 0. The quantitative estimate of drug-likeness (QED) is 0.236. The minimum Gasteiger partial charge on any atom is -0.462 e. The normalized spacial score (nSPS) is 10.8. The lowest BCUT2D eigenvalue weighted by atomic mass is 10.1. The van der Waals surface area contributed by atoms with E-state index in [0.29, 0.717) is 33.2 Å². The molecule has 0 atom stereocenters. The number of hydrogen-bond acceptors (Lipinski definition) is 7. The van der Waals surface area contributed by atoms with Gasteiger partial charge in [0.05, 0.1) is 23.3 Å². The number of thioether (sulfide) groups is 1. The van der Waals surface area contributed by atoms with E-state index in [9.17, 15) is 14.4 Å². The second kappa shape index (κ2) is 9.80. The fourth-order valence-corrected chi connectivity index (χ4v) is 4.73. The average molecular weight is 466 g/mol. The summed E-state index contributed by atoms with van der Waals surface area (Å²) in [6.45, 7) is 2.04. The molecule has 0 unspecified atom stereocenters. The first-order valence-electron chi connectivity index (χ1n) is 9.82. The van der Waals surface area contributed by atoms with Gasteiger partial charge < -0.3 is 15.0 Å². The third kappa shape index (κ3) is 4.90. The van der Waals surface area contributed by atoms with E-state index in [2.05, 4.69) is 15.3 Å². The number of H-pyrrole nitrogens is 1. The van der Waals surface area contributed by atoms with Crippen molar-refractivity contribution in [1.82, 2.24) is 9.97 Å².